The van der Waals surface area contributed by atoms with Crippen molar-refractivity contribution in [3.63, 3.8) is 0 Å². The van der Waals surface area contributed by atoms with Crippen molar-refractivity contribution in [2.45, 2.75) is 56.8 Å². The number of nitrogens with one attached hydrogen (secondary N) is 2. The van der Waals surface area contributed by atoms with Crippen LogP contribution in [0.1, 0.15) is 50.2 Å². The minimum atomic E-state index is -4.59. The van der Waals surface area contributed by atoms with E-state index in [2.05, 4.69) is 10.6 Å². The molecule has 0 unspecified atom stereocenters. The van der Waals surface area contributed by atoms with Crippen molar-refractivity contribution < 1.29 is 32.5 Å². The zero-order chi connectivity index (χ0) is 28.5. The Labute approximate surface area is 228 Å². The number of carbonyl (C=O) groups is 1. The minimum Gasteiger partial charge on any atom is -0.456 e. The molecule has 3 rings (SSSR count). The predicted molar refractivity (Wildman–Crippen MR) is 144 cm³/mol. The Hall–Kier alpha value is -2.82. The van der Waals surface area contributed by atoms with Gasteiger partial charge in [-0.1, -0.05) is 30.3 Å². The van der Waals surface area contributed by atoms with E-state index < -0.39 is 17.3 Å². The Morgan fingerprint density at radius 2 is 1.74 bits per heavy atom. The van der Waals surface area contributed by atoms with Gasteiger partial charge in [-0.2, -0.15) is 13.2 Å². The van der Waals surface area contributed by atoms with Crippen molar-refractivity contribution in [3.05, 3.63) is 59.7 Å². The van der Waals surface area contributed by atoms with E-state index in [1.807, 2.05) is 14.0 Å². The molecule has 39 heavy (non-hydrogen) atoms. The van der Waals surface area contributed by atoms with Crippen LogP contribution in [0.2, 0.25) is 0 Å². The van der Waals surface area contributed by atoms with Gasteiger partial charge in [-0.25, -0.2) is 4.79 Å². The van der Waals surface area contributed by atoms with Crippen LogP contribution in [0.25, 0.3) is 0 Å². The van der Waals surface area contributed by atoms with Crippen LogP contribution in [0.15, 0.2) is 48.5 Å². The maximum absolute atomic E-state index is 13.7. The summed E-state index contributed by atoms with van der Waals surface area (Å²) in [5, 5.41) is 18.4. The molecule has 2 amide bonds. The molecule has 0 saturated carbocycles. The van der Waals surface area contributed by atoms with Gasteiger partial charge in [-0.05, 0) is 64.3 Å². The number of hydrogen-bond donors (Lipinski definition) is 3. The Kier molecular flexibility index (Phi) is 11.0. The Bertz CT molecular complexity index is 1070. The molecule has 1 aliphatic heterocycles. The van der Waals surface area contributed by atoms with Gasteiger partial charge in [0.1, 0.15) is 11.5 Å². The molecule has 0 aromatic heterocycles. The number of rotatable bonds is 12. The summed E-state index contributed by atoms with van der Waals surface area (Å²) in [4.78, 5) is 14.7. The summed E-state index contributed by atoms with van der Waals surface area (Å²) in [6.45, 7) is 3.93. The number of aliphatic hydroxyl groups is 1. The molecular formula is C29H40F3N3O4. The number of likely N-dealkylation sites (tertiary alicyclic amines) is 1. The number of amides is 2. The summed E-state index contributed by atoms with van der Waals surface area (Å²) in [5.74, 6) is -0.517. The van der Waals surface area contributed by atoms with Crippen LogP contribution in [0.3, 0.4) is 0 Å². The summed E-state index contributed by atoms with van der Waals surface area (Å²) in [5.41, 5.74) is -1.91. The fraction of sp³-hybridized carbons (Fsp3) is 0.552. The highest BCUT2D eigenvalue weighted by molar-refractivity contribution is 5.74. The average molecular weight is 552 g/mol. The van der Waals surface area contributed by atoms with Crippen molar-refractivity contribution in [1.29, 1.82) is 0 Å². The van der Waals surface area contributed by atoms with Crippen LogP contribution >= 0.6 is 0 Å². The molecule has 7 nitrogen and oxygen atoms in total. The van der Waals surface area contributed by atoms with Gasteiger partial charge in [-0.15, -0.1) is 0 Å². The number of alkyl halides is 3. The van der Waals surface area contributed by atoms with E-state index >= 15 is 0 Å². The monoisotopic (exact) mass is 551 g/mol. The van der Waals surface area contributed by atoms with Gasteiger partial charge >= 0.3 is 12.2 Å². The molecule has 10 heteroatoms. The van der Waals surface area contributed by atoms with Gasteiger partial charge < -0.3 is 30.1 Å². The number of urea groups is 1. The van der Waals surface area contributed by atoms with Gasteiger partial charge in [0.2, 0.25) is 0 Å². The van der Waals surface area contributed by atoms with E-state index in [1.165, 1.54) is 18.2 Å². The summed E-state index contributed by atoms with van der Waals surface area (Å²) in [7, 11) is 3.43. The number of piperidine rings is 1. The largest absolute Gasteiger partial charge is 0.456 e. The minimum absolute atomic E-state index is 0.0707. The summed E-state index contributed by atoms with van der Waals surface area (Å²) in [6.07, 6.45) is -1.57. The van der Waals surface area contributed by atoms with E-state index in [9.17, 15) is 23.1 Å². The third kappa shape index (κ3) is 8.09. The first-order valence-corrected chi connectivity index (χ1v) is 13.4. The van der Waals surface area contributed by atoms with Crippen LogP contribution in [0.4, 0.5) is 18.0 Å². The van der Waals surface area contributed by atoms with E-state index in [0.29, 0.717) is 63.9 Å². The molecule has 216 valence electrons. The van der Waals surface area contributed by atoms with E-state index in [0.717, 1.165) is 6.07 Å². The first-order valence-electron chi connectivity index (χ1n) is 13.4. The Morgan fingerprint density at radius 3 is 2.38 bits per heavy atom. The third-order valence-corrected chi connectivity index (χ3v) is 7.19. The van der Waals surface area contributed by atoms with Gasteiger partial charge in [0.25, 0.3) is 0 Å². The Balaban J connectivity index is 1.94. The van der Waals surface area contributed by atoms with Crippen molar-refractivity contribution in [1.82, 2.24) is 15.5 Å². The lowest BCUT2D eigenvalue weighted by atomic mass is 9.73. The molecule has 0 aliphatic carbocycles. The number of ether oxygens (including phenoxy) is 2. The van der Waals surface area contributed by atoms with Crippen LogP contribution in [0, 0.1) is 5.92 Å². The maximum Gasteiger partial charge on any atom is 0.419 e. The molecule has 3 atom stereocenters. The lowest BCUT2D eigenvalue weighted by molar-refractivity contribution is -0.138. The number of benzene rings is 2. The molecule has 1 saturated heterocycles. The molecule has 2 aromatic rings. The van der Waals surface area contributed by atoms with Crippen molar-refractivity contribution in [2.24, 2.45) is 5.92 Å². The molecule has 0 bridgehead atoms. The number of halogens is 3. The number of nitrogens with zero attached hydrogens (tertiary/aromatic N) is 1. The van der Waals surface area contributed by atoms with Crippen LogP contribution < -0.4 is 15.4 Å². The molecule has 2 aromatic carbocycles. The fourth-order valence-corrected chi connectivity index (χ4v) is 5.23. The number of unbranched alkanes of at least 4 members (excludes halogenated alkanes) is 1. The SMILES string of the molecule is CNC[C@H](C)NC(=O)N1CCC[C@@H]([C@@](O)(CCCCOC)c2ccccc2Oc2ccccc2C(F)(F)F)C1. The fourth-order valence-electron chi connectivity index (χ4n) is 5.23. The van der Waals surface area contributed by atoms with Gasteiger partial charge in [-0.3, -0.25) is 0 Å². The molecular weight excluding hydrogens is 511 g/mol. The smallest absolute Gasteiger partial charge is 0.419 e. The normalized spacial score (nSPS) is 18.3. The number of para-hydroxylation sites is 2. The maximum atomic E-state index is 13.7. The lowest BCUT2D eigenvalue weighted by Crippen LogP contribution is -2.53. The predicted octanol–water partition coefficient (Wildman–Crippen LogP) is 5.53. The number of methoxy groups -OCH3 is 1. The molecule has 3 N–H and O–H groups in total. The lowest BCUT2D eigenvalue weighted by Gasteiger charge is -2.43. The number of carbonyl (C=O) groups excluding carboxylic acids is 1. The number of hydrogen-bond acceptors (Lipinski definition) is 5. The van der Waals surface area contributed by atoms with Gasteiger partial charge in [0.05, 0.1) is 11.2 Å². The van der Waals surface area contributed by atoms with Crippen molar-refractivity contribution in [3.8, 4) is 11.5 Å². The van der Waals surface area contributed by atoms with Gasteiger partial charge in [0, 0.05) is 50.9 Å². The van der Waals surface area contributed by atoms with Crippen LogP contribution in [-0.4, -0.2) is 62.5 Å². The van der Waals surface area contributed by atoms with Gasteiger partial charge in [0.15, 0.2) is 0 Å². The molecule has 1 heterocycles. The molecule has 1 fully saturated rings. The highest BCUT2D eigenvalue weighted by Gasteiger charge is 2.43. The van der Waals surface area contributed by atoms with E-state index in [1.54, 1.807) is 36.3 Å². The topological polar surface area (TPSA) is 83.1 Å². The van der Waals surface area contributed by atoms with E-state index in [-0.39, 0.29) is 29.5 Å². The van der Waals surface area contributed by atoms with Crippen LogP contribution in [-0.2, 0) is 16.5 Å². The first kappa shape index (κ1) is 30.7. The standard InChI is InChI=1S/C29H40F3N3O4/c1-21(19-33-2)34-27(36)35-17-10-11-22(20-35)28(37,16-8-9-18-38-3)23-12-4-6-14-25(23)39-26-15-7-5-13-24(26)29(30,31)32/h4-7,12-15,21-22,33,37H,8-11,16-20H2,1-3H3,(H,34,36)/t21-,22+,28-/m0/s1. The van der Waals surface area contributed by atoms with Crippen molar-refractivity contribution >= 4 is 6.03 Å². The number of likely N-dealkylation sites (N-methyl/N-ethyl adjacent to an activating group) is 1. The summed E-state index contributed by atoms with van der Waals surface area (Å²) >= 11 is 0. The molecule has 0 spiro atoms. The average Bonchev–Trinajstić information content (AvgIpc) is 2.91. The third-order valence-electron chi connectivity index (χ3n) is 7.19. The first-order chi connectivity index (χ1) is 18.6. The second-order valence-corrected chi connectivity index (χ2v) is 10.2. The van der Waals surface area contributed by atoms with E-state index in [4.69, 9.17) is 9.47 Å². The summed E-state index contributed by atoms with van der Waals surface area (Å²) in [6, 6.07) is 11.5. The highest BCUT2D eigenvalue weighted by Crippen LogP contribution is 2.45. The second-order valence-electron chi connectivity index (χ2n) is 10.2. The quantitative estimate of drug-likeness (QED) is 0.302. The Morgan fingerprint density at radius 1 is 1.10 bits per heavy atom. The second kappa shape index (κ2) is 14.0. The zero-order valence-corrected chi connectivity index (χ0v) is 22.9. The molecule has 0 radical (unpaired) electrons. The zero-order valence-electron chi connectivity index (χ0n) is 22.9. The van der Waals surface area contributed by atoms with Crippen LogP contribution in [0.5, 0.6) is 11.5 Å². The van der Waals surface area contributed by atoms with Crippen molar-refractivity contribution in [2.75, 3.05) is 40.4 Å². The highest BCUT2D eigenvalue weighted by atomic mass is 19.4. The molecule has 1 aliphatic rings. The summed E-state index contributed by atoms with van der Waals surface area (Å²) < 4.78 is 52.1.